The largest absolute Gasteiger partial charge is 0.330 e. The van der Waals surface area contributed by atoms with E-state index in [1.165, 1.54) is 17.0 Å². The van der Waals surface area contributed by atoms with Gasteiger partial charge in [-0.1, -0.05) is 24.3 Å². The second-order valence-electron chi connectivity index (χ2n) is 8.80. The molecule has 5 rings (SSSR count). The predicted octanol–water partition coefficient (Wildman–Crippen LogP) is 1.86. The Kier molecular flexibility index (Phi) is 6.09. The maximum atomic E-state index is 12.9. The first kappa shape index (κ1) is 23.7. The minimum absolute atomic E-state index is 0.0497. The van der Waals surface area contributed by atoms with E-state index in [9.17, 15) is 22.8 Å². The number of nitrogens with one attached hydrogen (secondary N) is 2. The molecule has 2 N–H and O–H groups in total. The highest BCUT2D eigenvalue weighted by Crippen LogP contribution is 2.26. The highest BCUT2D eigenvalue weighted by molar-refractivity contribution is 7.91. The molecule has 4 aromatic rings. The molecule has 0 spiro atoms. The zero-order valence-electron chi connectivity index (χ0n) is 19.7. The summed E-state index contributed by atoms with van der Waals surface area (Å²) in [5, 5.41) is 2.76. The number of sulfone groups is 1. The minimum atomic E-state index is -3.50. The topological polar surface area (TPSA) is 136 Å². The van der Waals surface area contributed by atoms with Gasteiger partial charge in [0.05, 0.1) is 23.5 Å². The Morgan fingerprint density at radius 1 is 1.00 bits per heavy atom. The number of H-pyrrole nitrogens is 1. The molecule has 10 nitrogen and oxygen atoms in total. The van der Waals surface area contributed by atoms with Crippen LogP contribution >= 0.6 is 0 Å². The van der Waals surface area contributed by atoms with E-state index in [1.54, 1.807) is 16.7 Å². The lowest BCUT2D eigenvalue weighted by molar-refractivity contribution is -0.116. The van der Waals surface area contributed by atoms with Crippen LogP contribution in [-0.4, -0.2) is 39.2 Å². The number of aromatic amines is 1. The summed E-state index contributed by atoms with van der Waals surface area (Å²) in [5.74, 6) is -0.113. The van der Waals surface area contributed by atoms with Crippen molar-refractivity contribution in [2.45, 2.75) is 44.2 Å². The lowest BCUT2D eigenvalue weighted by Crippen LogP contribution is -2.31. The summed E-state index contributed by atoms with van der Waals surface area (Å²) in [4.78, 5) is 43.1. The molecule has 186 valence electrons. The number of carbonyl (C=O) groups is 1. The summed E-state index contributed by atoms with van der Waals surface area (Å²) in [6, 6.07) is 12.2. The van der Waals surface area contributed by atoms with Gasteiger partial charge in [0, 0.05) is 18.7 Å². The number of carbonyl (C=O) groups excluding carboxylic acids is 1. The number of aryl methyl sites for hydroxylation is 3. The van der Waals surface area contributed by atoms with E-state index < -0.39 is 21.1 Å². The van der Waals surface area contributed by atoms with Crippen LogP contribution in [0.2, 0.25) is 0 Å². The van der Waals surface area contributed by atoms with Crippen molar-refractivity contribution in [3.63, 3.8) is 0 Å². The molecule has 0 unspecified atom stereocenters. The number of anilines is 1. The summed E-state index contributed by atoms with van der Waals surface area (Å²) in [6.45, 7) is 2.66. The Hall–Kier alpha value is -3.99. The molecule has 3 heterocycles. The molecule has 2 aromatic heterocycles. The summed E-state index contributed by atoms with van der Waals surface area (Å²) < 4.78 is 28.9. The van der Waals surface area contributed by atoms with Crippen molar-refractivity contribution in [3.8, 4) is 0 Å². The highest BCUT2D eigenvalue weighted by Gasteiger charge is 2.20. The number of aromatic nitrogens is 4. The van der Waals surface area contributed by atoms with E-state index >= 15 is 0 Å². The van der Waals surface area contributed by atoms with E-state index in [0.29, 0.717) is 42.7 Å². The van der Waals surface area contributed by atoms with Crippen LogP contribution in [0.1, 0.15) is 30.0 Å². The number of fused-ring (bicyclic) bond motifs is 2. The van der Waals surface area contributed by atoms with Crippen LogP contribution in [0.25, 0.3) is 11.2 Å². The van der Waals surface area contributed by atoms with Crippen molar-refractivity contribution in [2.24, 2.45) is 0 Å². The first-order valence-corrected chi connectivity index (χ1v) is 13.3. The molecule has 2 aromatic carbocycles. The van der Waals surface area contributed by atoms with Crippen LogP contribution in [0.5, 0.6) is 0 Å². The second-order valence-corrected chi connectivity index (χ2v) is 10.9. The van der Waals surface area contributed by atoms with Crippen molar-refractivity contribution in [1.29, 1.82) is 0 Å². The number of hydrogen-bond acceptors (Lipinski definition) is 6. The normalized spacial score (nSPS) is 13.5. The zero-order chi connectivity index (χ0) is 25.4. The van der Waals surface area contributed by atoms with Gasteiger partial charge in [-0.3, -0.25) is 19.1 Å². The molecule has 1 aliphatic heterocycles. The van der Waals surface area contributed by atoms with Gasteiger partial charge in [0.1, 0.15) is 0 Å². The smallest absolute Gasteiger partial charge is 0.326 e. The van der Waals surface area contributed by atoms with Crippen molar-refractivity contribution >= 4 is 32.6 Å². The summed E-state index contributed by atoms with van der Waals surface area (Å²) in [6.07, 6.45) is 2.74. The van der Waals surface area contributed by atoms with Gasteiger partial charge in [-0.05, 0) is 54.7 Å². The number of amides is 1. The number of imidazole rings is 1. The average Bonchev–Trinajstić information content (AvgIpc) is 3.30. The van der Waals surface area contributed by atoms with Crippen LogP contribution in [0.15, 0.2) is 63.3 Å². The molecule has 1 amide bonds. The first-order valence-electron chi connectivity index (χ1n) is 11.7. The molecular weight excluding hydrogens is 482 g/mol. The fraction of sp³-hybridized carbons (Fsp3) is 0.280. The minimum Gasteiger partial charge on any atom is -0.326 e. The van der Waals surface area contributed by atoms with E-state index in [-0.39, 0.29) is 23.1 Å². The van der Waals surface area contributed by atoms with Crippen LogP contribution in [0.4, 0.5) is 5.69 Å². The molecule has 0 bridgehead atoms. The second kappa shape index (κ2) is 9.23. The Morgan fingerprint density at radius 2 is 1.75 bits per heavy atom. The van der Waals surface area contributed by atoms with Gasteiger partial charge in [-0.15, -0.1) is 0 Å². The maximum absolute atomic E-state index is 12.9. The fourth-order valence-electron chi connectivity index (χ4n) is 4.42. The van der Waals surface area contributed by atoms with Gasteiger partial charge in [-0.2, -0.15) is 0 Å². The molecule has 0 fully saturated rings. The third-order valence-corrected chi connectivity index (χ3v) is 8.16. The van der Waals surface area contributed by atoms with Crippen LogP contribution in [0.3, 0.4) is 0 Å². The number of hydrogen-bond donors (Lipinski definition) is 2. The molecular formula is C25H25N5O5S. The number of benzene rings is 2. The number of rotatable bonds is 7. The van der Waals surface area contributed by atoms with Gasteiger partial charge in [-0.25, -0.2) is 18.2 Å². The predicted molar refractivity (Wildman–Crippen MR) is 135 cm³/mol. The summed E-state index contributed by atoms with van der Waals surface area (Å²) >= 11 is 0. The third kappa shape index (κ3) is 4.49. The monoisotopic (exact) mass is 507 g/mol. The van der Waals surface area contributed by atoms with Crippen molar-refractivity contribution in [3.05, 3.63) is 86.3 Å². The van der Waals surface area contributed by atoms with Gasteiger partial charge in [0.15, 0.2) is 21.0 Å². The van der Waals surface area contributed by atoms with E-state index in [4.69, 9.17) is 0 Å². The molecule has 36 heavy (non-hydrogen) atoms. The summed E-state index contributed by atoms with van der Waals surface area (Å²) in [5.41, 5.74) is 2.84. The molecule has 1 aliphatic rings. The van der Waals surface area contributed by atoms with Crippen molar-refractivity contribution in [2.75, 3.05) is 11.1 Å². The van der Waals surface area contributed by atoms with Crippen molar-refractivity contribution < 1.29 is 13.2 Å². The average molecular weight is 508 g/mol. The van der Waals surface area contributed by atoms with E-state index in [2.05, 4.69) is 15.3 Å². The molecule has 0 saturated carbocycles. The highest BCUT2D eigenvalue weighted by atomic mass is 32.2. The van der Waals surface area contributed by atoms with Crippen molar-refractivity contribution in [1.82, 2.24) is 19.1 Å². The third-order valence-electron chi connectivity index (χ3n) is 6.45. The Bertz CT molecular complexity index is 1700. The quantitative estimate of drug-likeness (QED) is 0.392. The summed E-state index contributed by atoms with van der Waals surface area (Å²) in [7, 11) is -3.50. The fourth-order valence-corrected chi connectivity index (χ4v) is 5.76. The molecule has 11 heteroatoms. The lowest BCUT2D eigenvalue weighted by atomic mass is 10.0. The van der Waals surface area contributed by atoms with E-state index in [1.807, 2.05) is 31.2 Å². The molecule has 0 atom stereocenters. The number of nitrogens with zero attached hydrogens (tertiary/aromatic N) is 3. The maximum Gasteiger partial charge on any atom is 0.330 e. The Labute approximate surface area is 206 Å². The zero-order valence-corrected chi connectivity index (χ0v) is 20.5. The van der Waals surface area contributed by atoms with Crippen LogP contribution < -0.4 is 16.6 Å². The van der Waals surface area contributed by atoms with Crippen LogP contribution in [0, 0.1) is 0 Å². The SMILES string of the molecule is CCn1cnc2c1c(=O)[nH]c(=O)n2Cc1ccc(CCS(=O)(=O)c2ccc3c(c2)CCC(=O)N3)cc1. The lowest BCUT2D eigenvalue weighted by Gasteiger charge is -2.17. The molecule has 0 radical (unpaired) electrons. The van der Waals surface area contributed by atoms with Crippen LogP contribution in [-0.2, 0) is 40.6 Å². The van der Waals surface area contributed by atoms with Gasteiger partial charge in [0.25, 0.3) is 5.56 Å². The van der Waals surface area contributed by atoms with Gasteiger partial charge >= 0.3 is 5.69 Å². The van der Waals surface area contributed by atoms with E-state index in [0.717, 1.165) is 16.7 Å². The first-order chi connectivity index (χ1) is 17.2. The standard InChI is InChI=1S/C25H25N5O5S/c1-2-29-15-26-23-22(29)24(32)28-25(33)30(23)14-17-5-3-16(4-6-17)11-12-36(34,35)19-8-9-20-18(13-19)7-10-21(31)27-20/h3-6,8-9,13,15H,2,7,10-12,14H2,1H3,(H,27,31)(H,28,32,33). The Balaban J connectivity index is 1.30. The molecule has 0 aliphatic carbocycles. The van der Waals surface area contributed by atoms with Gasteiger partial charge in [0.2, 0.25) is 5.91 Å². The molecule has 0 saturated heterocycles. The Morgan fingerprint density at radius 3 is 2.50 bits per heavy atom. The van der Waals surface area contributed by atoms with Gasteiger partial charge < -0.3 is 9.88 Å².